The Hall–Kier alpha value is -7.10. The lowest BCUT2D eigenvalue weighted by atomic mass is 9.99. The monoisotopic (exact) mass is 1260 g/mol. The van der Waals surface area contributed by atoms with E-state index in [2.05, 4.69) is 78.9 Å². The van der Waals surface area contributed by atoms with Crippen molar-refractivity contribution in [1.29, 1.82) is 0 Å². The summed E-state index contributed by atoms with van der Waals surface area (Å²) in [6.07, 6.45) is 1.19. The summed E-state index contributed by atoms with van der Waals surface area (Å²) < 4.78 is 4.94. The van der Waals surface area contributed by atoms with Crippen LogP contribution in [0.3, 0.4) is 0 Å². The summed E-state index contributed by atoms with van der Waals surface area (Å²) in [4.78, 5) is 161. The molecule has 0 bridgehead atoms. The first-order valence-electron chi connectivity index (χ1n) is 30.1. The van der Waals surface area contributed by atoms with E-state index in [0.717, 1.165) is 26.2 Å². The second-order valence-electron chi connectivity index (χ2n) is 22.4. The number of carbonyl (C=O) groups excluding carboxylic acids is 11. The molecule has 0 aliphatic rings. The zero-order chi connectivity index (χ0) is 67.1. The molecule has 0 unspecified atom stereocenters. The largest absolute Gasteiger partial charge is 0.480 e. The summed E-state index contributed by atoms with van der Waals surface area (Å²) in [6.45, 7) is 13.7. The van der Waals surface area contributed by atoms with E-state index in [4.69, 9.17) is 33.4 Å². The van der Waals surface area contributed by atoms with Gasteiger partial charge in [0.25, 0.3) is 0 Å². The molecule has 0 aromatic heterocycles. The smallest absolute Gasteiger partial charge is 0.407 e. The Balaban J connectivity index is 6.72. The van der Waals surface area contributed by atoms with Crippen molar-refractivity contribution >= 4 is 71.1 Å². The first-order valence-corrected chi connectivity index (χ1v) is 30.1. The number of carboxylic acid groups (broad SMARTS) is 1. The molecule has 0 fully saturated rings. The maximum atomic E-state index is 14.3. The quantitative estimate of drug-likeness (QED) is 0.0200. The van der Waals surface area contributed by atoms with Gasteiger partial charge in [-0.25, -0.2) is 9.59 Å². The average Bonchev–Trinajstić information content (AvgIpc) is 1.97. The lowest BCUT2D eigenvalue weighted by Crippen LogP contribution is -2.61. The Bertz CT molecular complexity index is 2230. The van der Waals surface area contributed by atoms with Gasteiger partial charge in [0.15, 0.2) is 6.04 Å². The fourth-order valence-electron chi connectivity index (χ4n) is 8.62. The Morgan fingerprint density at radius 3 is 1.12 bits per heavy atom. The van der Waals surface area contributed by atoms with E-state index in [1.807, 2.05) is 0 Å². The van der Waals surface area contributed by atoms with E-state index >= 15 is 0 Å². The Kier molecular flexibility index (Phi) is 41.6. The van der Waals surface area contributed by atoms with Crippen LogP contribution < -0.4 is 87.2 Å². The zero-order valence-corrected chi connectivity index (χ0v) is 52.3. The van der Waals surface area contributed by atoms with Gasteiger partial charge < -0.3 is 107 Å². The number of unbranched alkanes of at least 4 members (excludes halogenated alkanes) is 1. The molecule has 0 heterocycles. The molecular formula is C56H104N16O16. The molecule has 504 valence electrons. The maximum Gasteiger partial charge on any atom is 0.407 e. The lowest BCUT2D eigenvalue weighted by molar-refractivity contribution is -0.145. The number of carbonyl (C=O) groups is 12. The van der Waals surface area contributed by atoms with Gasteiger partial charge in [0, 0.05) is 13.0 Å². The van der Waals surface area contributed by atoms with Crippen LogP contribution in [0.2, 0.25) is 0 Å². The van der Waals surface area contributed by atoms with E-state index < -0.39 is 144 Å². The van der Waals surface area contributed by atoms with Crippen molar-refractivity contribution in [3.8, 4) is 0 Å². The molecule has 11 amide bonds. The Morgan fingerprint density at radius 2 is 0.795 bits per heavy atom. The molecule has 0 radical (unpaired) electrons. The van der Waals surface area contributed by atoms with E-state index in [-0.39, 0.29) is 115 Å². The molecule has 0 aromatic rings. The molecule has 0 spiro atoms. The van der Waals surface area contributed by atoms with E-state index in [9.17, 15) is 72.9 Å². The molecule has 0 saturated carbocycles. The number of ether oxygens (including phenoxy) is 1. The van der Waals surface area contributed by atoms with Crippen molar-refractivity contribution in [3.63, 3.8) is 0 Å². The SMILES string of the molecule is C=CCOC(=O)NCC[C@H](NC(=O)[C@H](CCN)NC(=O)[C@H](CO)NC(=O)[C@H](CCN)NC(=O)CCCC[C@@H](C)CC)C(=O)N[C@@H](CCN)C(=O)N[C@H](CC(C)C)C(=O)N[C@@H](CC(C)C)C(=O)N[C@@H](CCN)C(=O)N[C@@H](CCN)C(=O)N[C@H](C(=O)O)[C@@H](C)O. The summed E-state index contributed by atoms with van der Waals surface area (Å²) in [5.41, 5.74) is 29.0. The second kappa shape index (κ2) is 45.2. The number of alkyl carbamates (subject to hydrolysis) is 1. The van der Waals surface area contributed by atoms with Crippen LogP contribution in [-0.4, -0.2) is 205 Å². The summed E-state index contributed by atoms with van der Waals surface area (Å²) in [5, 5.41) is 56.9. The molecule has 88 heavy (non-hydrogen) atoms. The molecule has 32 nitrogen and oxygen atoms in total. The second-order valence-corrected chi connectivity index (χ2v) is 22.4. The van der Waals surface area contributed by atoms with E-state index in [1.54, 1.807) is 27.7 Å². The summed E-state index contributed by atoms with van der Waals surface area (Å²) in [5.74, 6) is -10.3. The number of hydrogen-bond acceptors (Lipinski definition) is 20. The number of aliphatic hydroxyl groups is 2. The molecule has 32 heteroatoms. The van der Waals surface area contributed by atoms with Crippen LogP contribution in [0.15, 0.2) is 12.7 Å². The van der Waals surface area contributed by atoms with Crippen molar-refractivity contribution in [2.75, 3.05) is 52.5 Å². The molecule has 0 rings (SSSR count). The van der Waals surface area contributed by atoms with Gasteiger partial charge >= 0.3 is 12.1 Å². The minimum atomic E-state index is -1.72. The number of nitrogens with one attached hydrogen (secondary N) is 11. The molecule has 12 atom stereocenters. The first-order chi connectivity index (χ1) is 41.6. The predicted octanol–water partition coefficient (Wildman–Crippen LogP) is -4.96. The van der Waals surface area contributed by atoms with Gasteiger partial charge in [-0.1, -0.05) is 73.5 Å². The van der Waals surface area contributed by atoms with Crippen LogP contribution in [-0.2, 0) is 57.5 Å². The van der Waals surface area contributed by atoms with Crippen LogP contribution in [0, 0.1) is 17.8 Å². The maximum absolute atomic E-state index is 14.3. The van der Waals surface area contributed by atoms with Gasteiger partial charge in [0.1, 0.15) is 61.0 Å². The number of amides is 11. The minimum absolute atomic E-state index is 0.00571. The summed E-state index contributed by atoms with van der Waals surface area (Å²) in [6, 6.07) is -14.6. The van der Waals surface area contributed by atoms with Crippen molar-refractivity contribution in [3.05, 3.63) is 12.7 Å². The average molecular weight is 1260 g/mol. The zero-order valence-electron chi connectivity index (χ0n) is 52.3. The molecule has 0 aliphatic heterocycles. The third kappa shape index (κ3) is 32.8. The molecule has 0 saturated heterocycles. The van der Waals surface area contributed by atoms with Crippen molar-refractivity contribution in [1.82, 2.24) is 58.5 Å². The summed E-state index contributed by atoms with van der Waals surface area (Å²) in [7, 11) is 0. The van der Waals surface area contributed by atoms with Crippen molar-refractivity contribution in [2.45, 2.75) is 198 Å². The number of hydrogen-bond donors (Lipinski definition) is 19. The highest BCUT2D eigenvalue weighted by Crippen LogP contribution is 2.14. The number of carboxylic acids is 1. The normalized spacial score (nSPS) is 15.3. The topological polar surface area (TPSA) is 537 Å². The highest BCUT2D eigenvalue weighted by molar-refractivity contribution is 5.99. The van der Waals surface area contributed by atoms with E-state index in [1.165, 1.54) is 6.08 Å². The number of aliphatic hydroxyl groups excluding tert-OH is 2. The Labute approximate surface area is 515 Å². The van der Waals surface area contributed by atoms with Crippen LogP contribution in [0.25, 0.3) is 0 Å². The molecular weight excluding hydrogens is 1150 g/mol. The molecule has 0 aliphatic carbocycles. The highest BCUT2D eigenvalue weighted by Gasteiger charge is 2.36. The van der Waals surface area contributed by atoms with Crippen LogP contribution in [0.4, 0.5) is 4.79 Å². The van der Waals surface area contributed by atoms with Gasteiger partial charge in [-0.05, 0) is 115 Å². The standard InChI is InChI=1S/C56H104N16O16/c1-9-27-88-56(87)62-26-20-40(68-48(78)37(17-23-59)67-54(84)43(30-73)71-46(76)35(15-21-57)63-44(75)14-12-11-13-33(7)10-2)50(80)64-38(18-24-60)49(79)69-42(29-32(5)6)53(83)70-41(28-31(3)4)52(82)66-36(16-22-58)47(77)65-39(19-25-61)51(81)72-45(34(8)74)55(85)86/h9,31-43,45,73-74H,1,10-30,57-61H2,2-8H3,(H,62,87)(H,63,75)(H,64,80)(H,65,77)(H,66,82)(H,67,84)(H,68,78)(H,69,79)(H,70,83)(H,71,76)(H,72,81)(H,85,86)/t33-,34+,35-,36-,37-,38-,39-,40-,41-,42+,43-,45-/m0/s1. The molecule has 24 N–H and O–H groups in total. The first kappa shape index (κ1) is 80.9. The predicted molar refractivity (Wildman–Crippen MR) is 325 cm³/mol. The fraction of sp³-hybridized carbons (Fsp3) is 0.750. The fourth-order valence-corrected chi connectivity index (χ4v) is 8.62. The van der Waals surface area contributed by atoms with Gasteiger partial charge in [-0.2, -0.15) is 0 Å². The lowest BCUT2D eigenvalue weighted by Gasteiger charge is -2.29. The van der Waals surface area contributed by atoms with Crippen LogP contribution in [0.1, 0.15) is 132 Å². The van der Waals surface area contributed by atoms with Gasteiger partial charge in [-0.3, -0.25) is 47.9 Å². The number of nitrogens with two attached hydrogens (primary N) is 5. The van der Waals surface area contributed by atoms with E-state index in [0.29, 0.717) is 12.3 Å². The van der Waals surface area contributed by atoms with Crippen LogP contribution >= 0.6 is 0 Å². The number of rotatable bonds is 47. The van der Waals surface area contributed by atoms with Crippen molar-refractivity contribution in [2.24, 2.45) is 46.4 Å². The Morgan fingerprint density at radius 1 is 0.466 bits per heavy atom. The number of aliphatic carboxylic acids is 1. The summed E-state index contributed by atoms with van der Waals surface area (Å²) >= 11 is 0. The third-order valence-electron chi connectivity index (χ3n) is 13.7. The highest BCUT2D eigenvalue weighted by atomic mass is 16.5. The van der Waals surface area contributed by atoms with Crippen molar-refractivity contribution < 1.29 is 77.6 Å². The minimum Gasteiger partial charge on any atom is -0.480 e. The van der Waals surface area contributed by atoms with Crippen LogP contribution in [0.5, 0.6) is 0 Å². The van der Waals surface area contributed by atoms with Gasteiger partial charge in [0.05, 0.1) is 12.7 Å². The van der Waals surface area contributed by atoms with Gasteiger partial charge in [0.2, 0.25) is 59.1 Å². The third-order valence-corrected chi connectivity index (χ3v) is 13.7. The molecule has 0 aromatic carbocycles. The van der Waals surface area contributed by atoms with Gasteiger partial charge in [-0.15, -0.1) is 0 Å².